The van der Waals surface area contributed by atoms with Crippen molar-refractivity contribution in [3.05, 3.63) is 16.5 Å². The first-order chi connectivity index (χ1) is 8.45. The lowest BCUT2D eigenvalue weighted by Gasteiger charge is -2.12. The lowest BCUT2D eigenvalue weighted by atomic mass is 10.2. The van der Waals surface area contributed by atoms with Crippen LogP contribution in [0.15, 0.2) is 16.3 Å². The molecular weight excluding hydrogens is 296 g/mol. The number of rotatable bonds is 3. The van der Waals surface area contributed by atoms with Crippen LogP contribution >= 0.6 is 22.9 Å². The molecular formula is C10H11ClN2O3S2. The molecule has 3 rings (SSSR count). The number of hydrogen-bond acceptors (Lipinski definition) is 5. The van der Waals surface area contributed by atoms with Gasteiger partial charge in [0.1, 0.15) is 4.21 Å². The summed E-state index contributed by atoms with van der Waals surface area (Å²) in [7, 11) is -3.78. The van der Waals surface area contributed by atoms with Gasteiger partial charge < -0.3 is 5.32 Å². The largest absolute Gasteiger partial charge is 0.303 e. The molecule has 1 aromatic rings. The van der Waals surface area contributed by atoms with E-state index in [1.807, 2.05) is 0 Å². The van der Waals surface area contributed by atoms with Crippen LogP contribution in [-0.4, -0.2) is 26.4 Å². The minimum atomic E-state index is -3.78. The number of amides is 1. The molecule has 3 atom stereocenters. The predicted molar refractivity (Wildman–Crippen MR) is 68.1 cm³/mol. The third-order valence-electron chi connectivity index (χ3n) is 3.24. The SMILES string of the molecule is O=C(NS(=O)(=O)c1ccc(Cl)s1)[C@@H]1C[C@H]2C[C@H]2N1. The Bertz CT molecular complexity index is 588. The maximum Gasteiger partial charge on any atom is 0.273 e. The Morgan fingerprint density at radius 1 is 1.44 bits per heavy atom. The summed E-state index contributed by atoms with van der Waals surface area (Å²) in [6.07, 6.45) is 1.81. The highest BCUT2D eigenvalue weighted by atomic mass is 35.5. The Kier molecular flexibility index (Phi) is 2.89. The van der Waals surface area contributed by atoms with Gasteiger partial charge in [-0.05, 0) is 30.9 Å². The van der Waals surface area contributed by atoms with Gasteiger partial charge in [0.25, 0.3) is 15.9 Å². The van der Waals surface area contributed by atoms with Crippen molar-refractivity contribution >= 4 is 38.9 Å². The highest BCUT2D eigenvalue weighted by molar-refractivity contribution is 7.92. The van der Waals surface area contributed by atoms with E-state index >= 15 is 0 Å². The zero-order valence-electron chi connectivity index (χ0n) is 9.22. The zero-order chi connectivity index (χ0) is 12.9. The van der Waals surface area contributed by atoms with E-state index in [0.717, 1.165) is 24.2 Å². The van der Waals surface area contributed by atoms with Gasteiger partial charge in [0.05, 0.1) is 10.4 Å². The highest BCUT2D eigenvalue weighted by Gasteiger charge is 2.48. The van der Waals surface area contributed by atoms with Crippen molar-refractivity contribution in [2.75, 3.05) is 0 Å². The summed E-state index contributed by atoms with van der Waals surface area (Å²) in [5, 5.41) is 3.11. The molecule has 1 saturated carbocycles. The van der Waals surface area contributed by atoms with Crippen molar-refractivity contribution in [1.29, 1.82) is 0 Å². The first kappa shape index (κ1) is 12.4. The maximum atomic E-state index is 11.9. The van der Waals surface area contributed by atoms with Crippen LogP contribution in [0, 0.1) is 5.92 Å². The van der Waals surface area contributed by atoms with Crippen molar-refractivity contribution in [3.63, 3.8) is 0 Å². The maximum absolute atomic E-state index is 11.9. The van der Waals surface area contributed by atoms with Crippen LogP contribution in [0.4, 0.5) is 0 Å². The molecule has 0 bridgehead atoms. The molecule has 1 amide bonds. The third-order valence-corrected chi connectivity index (χ3v) is 6.31. The van der Waals surface area contributed by atoms with Crippen molar-refractivity contribution in [1.82, 2.24) is 10.0 Å². The van der Waals surface area contributed by atoms with E-state index < -0.39 is 15.9 Å². The van der Waals surface area contributed by atoms with Crippen LogP contribution in [0.2, 0.25) is 4.34 Å². The molecule has 2 N–H and O–H groups in total. The highest BCUT2D eigenvalue weighted by Crippen LogP contribution is 2.40. The molecule has 1 aromatic heterocycles. The number of nitrogens with one attached hydrogen (secondary N) is 2. The van der Waals surface area contributed by atoms with Crippen molar-refractivity contribution < 1.29 is 13.2 Å². The quantitative estimate of drug-likeness (QED) is 0.872. The van der Waals surface area contributed by atoms with Crippen LogP contribution in [0.3, 0.4) is 0 Å². The van der Waals surface area contributed by atoms with Gasteiger partial charge in [0, 0.05) is 6.04 Å². The summed E-state index contributed by atoms with van der Waals surface area (Å²) < 4.78 is 26.3. The standard InChI is InChI=1S/C10H11ClN2O3S2/c11-8-1-2-9(17-8)18(15,16)13-10(14)7-4-5-3-6(5)12-7/h1-2,5-7,12H,3-4H2,(H,13,14)/t5-,6-,7+/m1/s1. The van der Waals surface area contributed by atoms with Crippen LogP contribution in [0.5, 0.6) is 0 Å². The first-order valence-electron chi connectivity index (χ1n) is 5.54. The number of fused-ring (bicyclic) bond motifs is 1. The van der Waals surface area contributed by atoms with Crippen LogP contribution in [0.1, 0.15) is 12.8 Å². The van der Waals surface area contributed by atoms with Gasteiger partial charge in [-0.15, -0.1) is 11.3 Å². The molecule has 0 radical (unpaired) electrons. The number of piperidine rings is 1. The van der Waals surface area contributed by atoms with Gasteiger partial charge in [-0.1, -0.05) is 11.6 Å². The summed E-state index contributed by atoms with van der Waals surface area (Å²) in [5.41, 5.74) is 0. The second-order valence-electron chi connectivity index (χ2n) is 4.59. The molecule has 0 unspecified atom stereocenters. The van der Waals surface area contributed by atoms with E-state index in [-0.39, 0.29) is 10.3 Å². The van der Waals surface area contributed by atoms with Gasteiger partial charge in [-0.3, -0.25) is 4.79 Å². The number of thiophene rings is 1. The minimum absolute atomic E-state index is 0.0593. The fraction of sp³-hybridized carbons (Fsp3) is 0.500. The number of carbonyl (C=O) groups excluding carboxylic acids is 1. The normalized spacial score (nSPS) is 29.9. The average molecular weight is 307 g/mol. The molecule has 1 saturated heterocycles. The van der Waals surface area contributed by atoms with Gasteiger partial charge >= 0.3 is 0 Å². The molecule has 2 aliphatic rings. The van der Waals surface area contributed by atoms with E-state index in [0.29, 0.717) is 16.3 Å². The van der Waals surface area contributed by atoms with Gasteiger partial charge in [0.15, 0.2) is 0 Å². The fourth-order valence-corrected chi connectivity index (χ4v) is 4.72. The number of carbonyl (C=O) groups is 1. The van der Waals surface area contributed by atoms with Gasteiger partial charge in [0.2, 0.25) is 0 Å². The summed E-state index contributed by atoms with van der Waals surface area (Å²) in [6.45, 7) is 0. The predicted octanol–water partition coefficient (Wildman–Crippen LogP) is 0.957. The second-order valence-corrected chi connectivity index (χ2v) is 8.21. The second kappa shape index (κ2) is 4.19. The lowest BCUT2D eigenvalue weighted by molar-refractivity contribution is -0.121. The van der Waals surface area contributed by atoms with E-state index in [1.165, 1.54) is 12.1 Å². The zero-order valence-corrected chi connectivity index (χ0v) is 11.6. The number of hydrogen-bond donors (Lipinski definition) is 2. The summed E-state index contributed by atoms with van der Waals surface area (Å²) in [6, 6.07) is 2.90. The van der Waals surface area contributed by atoms with Crippen molar-refractivity contribution in [2.24, 2.45) is 5.92 Å². The Morgan fingerprint density at radius 2 is 2.22 bits per heavy atom. The fourth-order valence-electron chi connectivity index (χ4n) is 2.22. The Balaban J connectivity index is 1.70. The summed E-state index contributed by atoms with van der Waals surface area (Å²) >= 11 is 6.61. The molecule has 98 valence electrons. The molecule has 2 heterocycles. The van der Waals surface area contributed by atoms with Gasteiger partial charge in [-0.25, -0.2) is 13.1 Å². The monoisotopic (exact) mass is 306 g/mol. The topological polar surface area (TPSA) is 75.3 Å². The molecule has 1 aliphatic heterocycles. The lowest BCUT2D eigenvalue weighted by Crippen LogP contribution is -2.44. The molecule has 5 nitrogen and oxygen atoms in total. The van der Waals surface area contributed by atoms with Crippen LogP contribution < -0.4 is 10.0 Å². The molecule has 0 aromatic carbocycles. The Morgan fingerprint density at radius 3 is 2.78 bits per heavy atom. The third kappa shape index (κ3) is 2.27. The molecule has 0 spiro atoms. The Hall–Kier alpha value is -0.630. The Labute approximate surface area is 114 Å². The number of sulfonamides is 1. The average Bonchev–Trinajstić information content (AvgIpc) is 2.74. The van der Waals surface area contributed by atoms with Crippen LogP contribution in [0.25, 0.3) is 0 Å². The summed E-state index contributed by atoms with van der Waals surface area (Å²) in [5.74, 6) is 0.0614. The van der Waals surface area contributed by atoms with E-state index in [4.69, 9.17) is 11.6 Å². The van der Waals surface area contributed by atoms with Crippen LogP contribution in [-0.2, 0) is 14.8 Å². The van der Waals surface area contributed by atoms with E-state index in [2.05, 4.69) is 10.0 Å². The van der Waals surface area contributed by atoms with E-state index in [9.17, 15) is 13.2 Å². The van der Waals surface area contributed by atoms with E-state index in [1.54, 1.807) is 0 Å². The molecule has 2 fully saturated rings. The smallest absolute Gasteiger partial charge is 0.273 e. The molecule has 1 aliphatic carbocycles. The molecule has 8 heteroatoms. The van der Waals surface area contributed by atoms with Crippen molar-refractivity contribution in [3.8, 4) is 0 Å². The van der Waals surface area contributed by atoms with Gasteiger partial charge in [-0.2, -0.15) is 0 Å². The van der Waals surface area contributed by atoms with Crippen molar-refractivity contribution in [2.45, 2.75) is 29.1 Å². The molecule has 18 heavy (non-hydrogen) atoms. The first-order valence-corrected chi connectivity index (χ1v) is 8.21. The minimum Gasteiger partial charge on any atom is -0.303 e. The number of halogens is 1. The summed E-state index contributed by atoms with van der Waals surface area (Å²) in [4.78, 5) is 11.8.